The molecule has 0 amide bonds. The van der Waals surface area contributed by atoms with Gasteiger partial charge in [0.15, 0.2) is 0 Å². The molecule has 0 aliphatic rings. The number of nitrogens with zero attached hydrogens (tertiary/aromatic N) is 2. The van der Waals surface area contributed by atoms with Crippen molar-refractivity contribution in [1.82, 2.24) is 9.97 Å². The lowest BCUT2D eigenvalue weighted by Crippen LogP contribution is -2.07. The molecule has 0 atom stereocenters. The molecule has 7 heteroatoms. The Kier molecular flexibility index (Phi) is 10.1. The molecule has 3 aromatic rings. The Morgan fingerprint density at radius 3 is 2.19 bits per heavy atom. The summed E-state index contributed by atoms with van der Waals surface area (Å²) in [5.41, 5.74) is 4.43. The third kappa shape index (κ3) is 6.35. The minimum atomic E-state index is 0. The van der Waals surface area contributed by atoms with Gasteiger partial charge in [0.1, 0.15) is 11.6 Å². The lowest BCUT2D eigenvalue weighted by atomic mass is 10.0. The van der Waals surface area contributed by atoms with Crippen molar-refractivity contribution in [3.05, 3.63) is 54.9 Å². The molecule has 0 bridgehead atoms. The normalized spacial score (nSPS) is 9.67. The van der Waals surface area contributed by atoms with E-state index in [1.807, 2.05) is 33.3 Å². The van der Waals surface area contributed by atoms with E-state index in [-0.39, 0.29) is 17.7 Å². The molecule has 0 radical (unpaired) electrons. The third-order valence-corrected chi connectivity index (χ3v) is 3.75. The number of aromatic amines is 1. The number of benzene rings is 2. The first-order chi connectivity index (χ1) is 12.6. The molecule has 2 aromatic carbocycles. The molecule has 27 heavy (non-hydrogen) atoms. The smallest absolute Gasteiger partial charge is 0.137 e. The molecule has 4 nitrogen and oxygen atoms in total. The van der Waals surface area contributed by atoms with Gasteiger partial charge in [-0.15, -0.1) is 35.6 Å². The Balaban J connectivity index is 0.000000855. The molecule has 3 rings (SSSR count). The molecule has 1 N–H and O–H groups in total. The average molecular weight is 429 g/mol. The summed E-state index contributed by atoms with van der Waals surface area (Å²) in [5, 5.41) is 0.194. The summed E-state index contributed by atoms with van der Waals surface area (Å²) in [6.07, 6.45) is 3.58. The quantitative estimate of drug-likeness (QED) is 0.503. The highest BCUT2D eigenvalue weighted by Gasteiger charge is 2.10. The highest BCUT2D eigenvalue weighted by atomic mass is 35.5. The van der Waals surface area contributed by atoms with Crippen molar-refractivity contribution in [3.8, 4) is 28.3 Å². The Morgan fingerprint density at radius 1 is 1.04 bits per heavy atom. The Labute approximate surface area is 176 Å². The van der Waals surface area contributed by atoms with E-state index < -0.39 is 0 Å². The highest BCUT2D eigenvalue weighted by Crippen LogP contribution is 2.34. The summed E-state index contributed by atoms with van der Waals surface area (Å²) in [7, 11) is 4.08. The van der Waals surface area contributed by atoms with Gasteiger partial charge in [-0.3, -0.25) is 0 Å². The largest absolute Gasteiger partial charge is 0.493 e. The van der Waals surface area contributed by atoms with Crippen molar-refractivity contribution < 1.29 is 4.74 Å². The van der Waals surface area contributed by atoms with E-state index in [4.69, 9.17) is 27.9 Å². The SMILES string of the molecule is CCOc1cc(-c2ncc[nH]2)ccc1-c1ccc(N(C)C)cc1.Cl.ClCCl. The summed E-state index contributed by atoms with van der Waals surface area (Å²) in [5.74, 6) is 1.72. The van der Waals surface area contributed by atoms with E-state index in [0.29, 0.717) is 6.61 Å². The first-order valence-corrected chi connectivity index (χ1v) is 9.33. The van der Waals surface area contributed by atoms with Gasteiger partial charge in [-0.2, -0.15) is 0 Å². The second kappa shape index (κ2) is 11.8. The second-order valence-corrected chi connectivity index (χ2v) is 6.43. The fraction of sp³-hybridized carbons (Fsp3) is 0.250. The number of anilines is 1. The van der Waals surface area contributed by atoms with Crippen LogP contribution in [-0.2, 0) is 0 Å². The van der Waals surface area contributed by atoms with Crippen LogP contribution >= 0.6 is 35.6 Å². The number of H-pyrrole nitrogens is 1. The topological polar surface area (TPSA) is 41.1 Å². The van der Waals surface area contributed by atoms with Crippen LogP contribution in [0.2, 0.25) is 0 Å². The van der Waals surface area contributed by atoms with Gasteiger partial charge in [0.2, 0.25) is 0 Å². The Hall–Kier alpha value is -1.88. The molecule has 0 fully saturated rings. The van der Waals surface area contributed by atoms with E-state index in [9.17, 15) is 0 Å². The molecule has 0 aliphatic heterocycles. The van der Waals surface area contributed by atoms with Gasteiger partial charge in [0.25, 0.3) is 0 Å². The molecule has 0 saturated heterocycles. The van der Waals surface area contributed by atoms with Crippen molar-refractivity contribution in [2.45, 2.75) is 6.92 Å². The van der Waals surface area contributed by atoms with Crippen molar-refractivity contribution >= 4 is 41.3 Å². The number of hydrogen-bond acceptors (Lipinski definition) is 3. The molecular formula is C20H24Cl3N3O. The van der Waals surface area contributed by atoms with Crippen LogP contribution in [0.4, 0.5) is 5.69 Å². The summed E-state index contributed by atoms with van der Waals surface area (Å²) in [6, 6.07) is 14.7. The maximum absolute atomic E-state index is 5.86. The van der Waals surface area contributed by atoms with E-state index in [1.54, 1.807) is 6.20 Å². The van der Waals surface area contributed by atoms with Crippen LogP contribution in [0.3, 0.4) is 0 Å². The fourth-order valence-corrected chi connectivity index (χ4v) is 2.55. The number of nitrogens with one attached hydrogen (secondary N) is 1. The molecule has 0 saturated carbocycles. The first kappa shape index (κ1) is 23.2. The van der Waals surface area contributed by atoms with Crippen molar-refractivity contribution in [3.63, 3.8) is 0 Å². The lowest BCUT2D eigenvalue weighted by Gasteiger charge is -2.15. The zero-order valence-electron chi connectivity index (χ0n) is 15.6. The highest BCUT2D eigenvalue weighted by molar-refractivity contribution is 6.40. The van der Waals surface area contributed by atoms with Gasteiger partial charge in [-0.1, -0.05) is 18.2 Å². The summed E-state index contributed by atoms with van der Waals surface area (Å²) in [6.45, 7) is 2.63. The zero-order chi connectivity index (χ0) is 18.9. The van der Waals surface area contributed by atoms with Crippen molar-refractivity contribution in [2.24, 2.45) is 0 Å². The number of halogens is 3. The number of ether oxygens (including phenoxy) is 1. The average Bonchev–Trinajstić information content (AvgIpc) is 3.17. The molecule has 0 unspecified atom stereocenters. The maximum Gasteiger partial charge on any atom is 0.137 e. The zero-order valence-corrected chi connectivity index (χ0v) is 17.9. The predicted octanol–water partition coefficient (Wildman–Crippen LogP) is 6.05. The predicted molar refractivity (Wildman–Crippen MR) is 119 cm³/mol. The van der Waals surface area contributed by atoms with Crippen molar-refractivity contribution in [1.29, 1.82) is 0 Å². The minimum absolute atomic E-state index is 0. The van der Waals surface area contributed by atoms with Gasteiger partial charge in [0, 0.05) is 43.3 Å². The molecule has 1 aromatic heterocycles. The second-order valence-electron chi connectivity index (χ2n) is 5.62. The van der Waals surface area contributed by atoms with Crippen LogP contribution in [0.5, 0.6) is 5.75 Å². The number of rotatable bonds is 5. The molecule has 0 spiro atoms. The number of alkyl halides is 2. The van der Waals surface area contributed by atoms with Gasteiger partial charge in [-0.25, -0.2) is 4.98 Å². The van der Waals surface area contributed by atoms with Gasteiger partial charge in [0.05, 0.1) is 11.9 Å². The third-order valence-electron chi connectivity index (χ3n) is 3.75. The first-order valence-electron chi connectivity index (χ1n) is 8.27. The number of imidazole rings is 1. The summed E-state index contributed by atoms with van der Waals surface area (Å²) in [4.78, 5) is 9.52. The lowest BCUT2D eigenvalue weighted by molar-refractivity contribution is 0.342. The summed E-state index contributed by atoms with van der Waals surface area (Å²) < 4.78 is 5.86. The van der Waals surface area contributed by atoms with Gasteiger partial charge < -0.3 is 14.6 Å². The Morgan fingerprint density at radius 2 is 1.67 bits per heavy atom. The van der Waals surface area contributed by atoms with E-state index >= 15 is 0 Å². The molecule has 146 valence electrons. The van der Waals surface area contributed by atoms with E-state index in [1.165, 1.54) is 5.69 Å². The van der Waals surface area contributed by atoms with Crippen LogP contribution in [0.1, 0.15) is 6.92 Å². The standard InChI is InChI=1S/C19H21N3O.CH2Cl2.ClH/c1-4-23-18-13-15(19-20-11-12-21-19)7-10-17(18)14-5-8-16(9-6-14)22(2)3;2-1-3;/h5-13H,4H2,1-3H3,(H,20,21);1H2;1H. The van der Waals surface area contributed by atoms with Crippen LogP contribution < -0.4 is 9.64 Å². The van der Waals surface area contributed by atoms with Gasteiger partial charge in [-0.05, 0) is 36.8 Å². The monoisotopic (exact) mass is 427 g/mol. The molecule has 1 heterocycles. The van der Waals surface area contributed by atoms with E-state index in [2.05, 4.69) is 51.3 Å². The number of aromatic nitrogens is 2. The van der Waals surface area contributed by atoms with Crippen LogP contribution in [0.25, 0.3) is 22.5 Å². The fourth-order valence-electron chi connectivity index (χ4n) is 2.55. The summed E-state index contributed by atoms with van der Waals surface area (Å²) >= 11 is 9.53. The molecular weight excluding hydrogens is 405 g/mol. The molecule has 0 aliphatic carbocycles. The van der Waals surface area contributed by atoms with E-state index in [0.717, 1.165) is 28.3 Å². The Bertz CT molecular complexity index is 791. The minimum Gasteiger partial charge on any atom is -0.493 e. The van der Waals surface area contributed by atoms with Gasteiger partial charge >= 0.3 is 0 Å². The van der Waals surface area contributed by atoms with Crippen LogP contribution in [0.15, 0.2) is 54.9 Å². The van der Waals surface area contributed by atoms with Crippen LogP contribution in [0, 0.1) is 0 Å². The van der Waals surface area contributed by atoms with Crippen LogP contribution in [-0.4, -0.2) is 36.0 Å². The number of hydrogen-bond donors (Lipinski definition) is 1. The van der Waals surface area contributed by atoms with Crippen molar-refractivity contribution in [2.75, 3.05) is 30.9 Å². The maximum atomic E-state index is 5.86.